The molecule has 52 heavy (non-hydrogen) atoms. The number of fused-ring (bicyclic) bond motifs is 3. The Morgan fingerprint density at radius 3 is 1.48 bits per heavy atom. The van der Waals surface area contributed by atoms with Gasteiger partial charge in [-0.25, -0.2) is 0 Å². The zero-order valence-corrected chi connectivity index (χ0v) is 28.9. The summed E-state index contributed by atoms with van der Waals surface area (Å²) in [6, 6.07) is 75.7. The second-order valence-corrected chi connectivity index (χ2v) is 14.2. The summed E-state index contributed by atoms with van der Waals surface area (Å²) < 4.78 is 2.40. The van der Waals surface area contributed by atoms with Gasteiger partial charge in [-0.3, -0.25) is 0 Å². The van der Waals surface area contributed by atoms with E-state index in [4.69, 9.17) is 0 Å². The lowest BCUT2D eigenvalue weighted by Gasteiger charge is -2.20. The van der Waals surface area contributed by atoms with Crippen LogP contribution in [0.3, 0.4) is 0 Å². The minimum absolute atomic E-state index is 0.0158. The molecule has 1 heteroatoms. The van der Waals surface area contributed by atoms with Gasteiger partial charge in [-0.05, 0) is 92.7 Å². The number of aromatic nitrogens is 1. The Morgan fingerprint density at radius 1 is 0.365 bits per heavy atom. The second kappa shape index (κ2) is 12.4. The lowest BCUT2D eigenvalue weighted by molar-refractivity contribution is 0.803. The molecule has 9 aromatic rings. The molecule has 0 spiro atoms. The fourth-order valence-electron chi connectivity index (χ4n) is 8.57. The van der Waals surface area contributed by atoms with E-state index in [2.05, 4.69) is 211 Å². The van der Waals surface area contributed by atoms with Crippen LogP contribution in [0.5, 0.6) is 0 Å². The highest BCUT2D eigenvalue weighted by atomic mass is 15.0. The molecule has 8 aromatic carbocycles. The quantitative estimate of drug-likeness (QED) is 0.160. The van der Waals surface area contributed by atoms with Crippen molar-refractivity contribution in [2.45, 2.75) is 17.8 Å². The third-order valence-electron chi connectivity index (χ3n) is 11.3. The summed E-state index contributed by atoms with van der Waals surface area (Å²) in [6.07, 6.45) is 1.11. The number of hydrogen-bond acceptors (Lipinski definition) is 0. The van der Waals surface area contributed by atoms with E-state index >= 15 is 0 Å². The van der Waals surface area contributed by atoms with E-state index < -0.39 is 0 Å². The summed E-state index contributed by atoms with van der Waals surface area (Å²) in [5, 5.41) is 2.54. The van der Waals surface area contributed by atoms with Crippen LogP contribution in [0.15, 0.2) is 206 Å². The Bertz CT molecular complexity index is 2650. The standard InChI is InChI=1S/C51H37N/c1-4-12-36(13-5-1)38-24-29-44(30-25-38)51(43-16-8-3-9-17-43)35-48(51)41-22-20-40(21-23-41)42-28-33-50-47(34-42)46-18-10-11-19-49(46)52(50)45-31-26-39(27-32-45)37-14-6-2-7-15-37/h1-34,48H,35H2. The molecule has 0 amide bonds. The number of rotatable bonds is 7. The molecule has 10 rings (SSSR count). The van der Waals surface area contributed by atoms with Gasteiger partial charge in [-0.1, -0.05) is 176 Å². The van der Waals surface area contributed by atoms with Crippen LogP contribution in [-0.2, 0) is 5.41 Å². The first-order valence-corrected chi connectivity index (χ1v) is 18.3. The molecule has 0 saturated heterocycles. The van der Waals surface area contributed by atoms with Crippen LogP contribution in [0.1, 0.15) is 29.0 Å². The monoisotopic (exact) mass is 663 g/mol. The van der Waals surface area contributed by atoms with Crippen LogP contribution in [0, 0.1) is 0 Å². The van der Waals surface area contributed by atoms with E-state index in [1.807, 2.05) is 0 Å². The van der Waals surface area contributed by atoms with Gasteiger partial charge in [0.1, 0.15) is 0 Å². The molecule has 2 atom stereocenters. The lowest BCUT2D eigenvalue weighted by atomic mass is 9.83. The summed E-state index contributed by atoms with van der Waals surface area (Å²) in [6.45, 7) is 0. The van der Waals surface area contributed by atoms with Crippen LogP contribution < -0.4 is 0 Å². The molecule has 0 radical (unpaired) electrons. The lowest BCUT2D eigenvalue weighted by Crippen LogP contribution is -2.11. The minimum atomic E-state index is -0.0158. The molecular weight excluding hydrogens is 627 g/mol. The van der Waals surface area contributed by atoms with Gasteiger partial charge in [0.05, 0.1) is 11.0 Å². The fourth-order valence-corrected chi connectivity index (χ4v) is 8.57. The molecule has 2 unspecified atom stereocenters. The van der Waals surface area contributed by atoms with Crippen LogP contribution in [0.2, 0.25) is 0 Å². The Morgan fingerprint density at radius 2 is 0.827 bits per heavy atom. The first-order valence-electron chi connectivity index (χ1n) is 18.3. The summed E-state index contributed by atoms with van der Waals surface area (Å²) in [7, 11) is 0. The Kier molecular flexibility index (Phi) is 7.25. The predicted molar refractivity (Wildman–Crippen MR) is 218 cm³/mol. The molecule has 1 fully saturated rings. The van der Waals surface area contributed by atoms with Gasteiger partial charge in [-0.15, -0.1) is 0 Å². The second-order valence-electron chi connectivity index (χ2n) is 14.2. The number of nitrogens with zero attached hydrogens (tertiary/aromatic N) is 1. The van der Waals surface area contributed by atoms with Crippen molar-refractivity contribution in [1.82, 2.24) is 4.57 Å². The molecule has 1 saturated carbocycles. The Balaban J connectivity index is 0.978. The third-order valence-corrected chi connectivity index (χ3v) is 11.3. The first kappa shape index (κ1) is 30.4. The van der Waals surface area contributed by atoms with E-state index in [9.17, 15) is 0 Å². The van der Waals surface area contributed by atoms with E-state index in [1.165, 1.54) is 77.6 Å². The topological polar surface area (TPSA) is 4.93 Å². The highest BCUT2D eigenvalue weighted by Gasteiger charge is 2.56. The molecular formula is C51H37N. The molecule has 1 aromatic heterocycles. The number of hydrogen-bond donors (Lipinski definition) is 0. The summed E-state index contributed by atoms with van der Waals surface area (Å²) >= 11 is 0. The van der Waals surface area contributed by atoms with Crippen LogP contribution in [0.4, 0.5) is 0 Å². The van der Waals surface area contributed by atoms with E-state index in [0.717, 1.165) is 6.42 Å². The van der Waals surface area contributed by atoms with Gasteiger partial charge in [0.2, 0.25) is 0 Å². The zero-order chi connectivity index (χ0) is 34.5. The average molecular weight is 664 g/mol. The Hall–Kier alpha value is -6.44. The van der Waals surface area contributed by atoms with E-state index in [-0.39, 0.29) is 5.41 Å². The molecule has 246 valence electrons. The van der Waals surface area contributed by atoms with Crippen molar-refractivity contribution in [2.75, 3.05) is 0 Å². The van der Waals surface area contributed by atoms with Crippen molar-refractivity contribution in [2.24, 2.45) is 0 Å². The number of benzene rings is 8. The maximum atomic E-state index is 2.40. The van der Waals surface area contributed by atoms with Crippen LogP contribution >= 0.6 is 0 Å². The molecule has 0 aliphatic heterocycles. The normalized spacial score (nSPS) is 16.7. The van der Waals surface area contributed by atoms with Crippen LogP contribution in [-0.4, -0.2) is 4.57 Å². The zero-order valence-electron chi connectivity index (χ0n) is 28.9. The molecule has 1 aliphatic rings. The number of para-hydroxylation sites is 1. The molecule has 0 bridgehead atoms. The van der Waals surface area contributed by atoms with Crippen molar-refractivity contribution < 1.29 is 0 Å². The highest BCUT2D eigenvalue weighted by Crippen LogP contribution is 2.64. The molecule has 1 nitrogen and oxygen atoms in total. The summed E-state index contributed by atoms with van der Waals surface area (Å²) in [5.41, 5.74) is 15.2. The first-order chi connectivity index (χ1) is 25.8. The van der Waals surface area contributed by atoms with E-state index in [1.54, 1.807) is 0 Å². The van der Waals surface area contributed by atoms with Gasteiger partial charge in [-0.2, -0.15) is 0 Å². The summed E-state index contributed by atoms with van der Waals surface area (Å²) in [4.78, 5) is 0. The molecule has 0 N–H and O–H groups in total. The van der Waals surface area contributed by atoms with E-state index in [0.29, 0.717) is 5.92 Å². The van der Waals surface area contributed by atoms with Crippen molar-refractivity contribution in [1.29, 1.82) is 0 Å². The maximum Gasteiger partial charge on any atom is 0.0541 e. The third kappa shape index (κ3) is 5.09. The Labute approximate surface area is 305 Å². The highest BCUT2D eigenvalue weighted by molar-refractivity contribution is 6.10. The largest absolute Gasteiger partial charge is 0.309 e. The minimum Gasteiger partial charge on any atom is -0.309 e. The van der Waals surface area contributed by atoms with Crippen LogP contribution in [0.25, 0.3) is 60.9 Å². The smallest absolute Gasteiger partial charge is 0.0541 e. The average Bonchev–Trinajstić information content (AvgIpc) is 3.91. The fraction of sp³-hybridized carbons (Fsp3) is 0.0588. The van der Waals surface area contributed by atoms with Gasteiger partial charge in [0, 0.05) is 21.9 Å². The predicted octanol–water partition coefficient (Wildman–Crippen LogP) is 13.3. The SMILES string of the molecule is c1ccc(-c2ccc(-n3c4ccccc4c4cc(-c5ccc(C6CC6(c6ccccc6)c6ccc(-c7ccccc7)cc6)cc5)ccc43)cc2)cc1. The van der Waals surface area contributed by atoms with Crippen molar-refractivity contribution in [3.05, 3.63) is 223 Å². The van der Waals surface area contributed by atoms with Gasteiger partial charge in [0.15, 0.2) is 0 Å². The van der Waals surface area contributed by atoms with Gasteiger partial charge >= 0.3 is 0 Å². The molecule has 1 aliphatic carbocycles. The van der Waals surface area contributed by atoms with Crippen molar-refractivity contribution >= 4 is 21.8 Å². The van der Waals surface area contributed by atoms with Crippen molar-refractivity contribution in [3.8, 4) is 39.1 Å². The maximum absolute atomic E-state index is 2.40. The van der Waals surface area contributed by atoms with Gasteiger partial charge < -0.3 is 4.57 Å². The molecule has 1 heterocycles. The van der Waals surface area contributed by atoms with Crippen molar-refractivity contribution in [3.63, 3.8) is 0 Å². The summed E-state index contributed by atoms with van der Waals surface area (Å²) in [5.74, 6) is 0.431. The van der Waals surface area contributed by atoms with Gasteiger partial charge in [0.25, 0.3) is 0 Å².